The molecular weight excluding hydrogens is 274 g/mol. The minimum atomic E-state index is -3.62. The predicted molar refractivity (Wildman–Crippen MR) is 68.5 cm³/mol. The lowest BCUT2D eigenvalue weighted by atomic mass is 10.5. The Labute approximate surface area is 109 Å². The number of nitrogens with two attached hydrogens (primary N) is 1. The number of H-pyrrole nitrogens is 1. The molecule has 2 aromatic heterocycles. The van der Waals surface area contributed by atoms with E-state index < -0.39 is 10.0 Å². The van der Waals surface area contributed by atoms with Crippen molar-refractivity contribution in [2.45, 2.75) is 18.4 Å². The van der Waals surface area contributed by atoms with Crippen molar-refractivity contribution >= 4 is 27.2 Å². The normalized spacial score (nSPS) is 12.2. The zero-order chi connectivity index (χ0) is 13.3. The van der Waals surface area contributed by atoms with Gasteiger partial charge in [0.1, 0.15) is 10.7 Å². The zero-order valence-corrected chi connectivity index (χ0v) is 11.5. The molecule has 98 valence electrons. The summed E-state index contributed by atoms with van der Waals surface area (Å²) in [6, 6.07) is 0. The molecule has 0 aliphatic carbocycles. The third-order valence-electron chi connectivity index (χ3n) is 2.37. The lowest BCUT2D eigenvalue weighted by Gasteiger charge is -2.15. The molecule has 0 aliphatic heterocycles. The van der Waals surface area contributed by atoms with Gasteiger partial charge >= 0.3 is 0 Å². The summed E-state index contributed by atoms with van der Waals surface area (Å²) in [6.07, 6.45) is 2.88. The molecule has 2 aromatic rings. The summed E-state index contributed by atoms with van der Waals surface area (Å²) in [4.78, 5) is 4.95. The first-order valence-electron chi connectivity index (χ1n) is 5.07. The van der Waals surface area contributed by atoms with Gasteiger partial charge in [0.05, 0.1) is 11.2 Å². The summed E-state index contributed by atoms with van der Waals surface area (Å²) >= 11 is 1.46. The third-order valence-corrected chi connectivity index (χ3v) is 5.10. The van der Waals surface area contributed by atoms with E-state index in [4.69, 9.17) is 5.73 Å². The fourth-order valence-corrected chi connectivity index (χ4v) is 3.53. The average molecular weight is 287 g/mol. The number of sulfonamides is 1. The second-order valence-electron chi connectivity index (χ2n) is 3.75. The minimum absolute atomic E-state index is 0.00811. The van der Waals surface area contributed by atoms with Gasteiger partial charge < -0.3 is 5.73 Å². The van der Waals surface area contributed by atoms with Crippen molar-refractivity contribution in [1.29, 1.82) is 0 Å². The van der Waals surface area contributed by atoms with Crippen molar-refractivity contribution in [3.8, 4) is 0 Å². The Morgan fingerprint density at radius 3 is 2.72 bits per heavy atom. The highest BCUT2D eigenvalue weighted by molar-refractivity contribution is 7.89. The fraction of sp³-hybridized carbons (Fsp3) is 0.333. The van der Waals surface area contributed by atoms with Gasteiger partial charge in [-0.1, -0.05) is 0 Å². The molecule has 3 N–H and O–H groups in total. The van der Waals surface area contributed by atoms with Crippen molar-refractivity contribution in [3.05, 3.63) is 22.3 Å². The molecule has 7 nitrogen and oxygen atoms in total. The first-order chi connectivity index (χ1) is 8.41. The van der Waals surface area contributed by atoms with E-state index in [1.54, 1.807) is 6.20 Å². The molecule has 2 heterocycles. The Bertz CT molecular complexity index is 645. The van der Waals surface area contributed by atoms with Gasteiger partial charge in [0.2, 0.25) is 10.0 Å². The van der Waals surface area contributed by atoms with Gasteiger partial charge in [0.15, 0.2) is 0 Å². The summed E-state index contributed by atoms with van der Waals surface area (Å²) in [6.45, 7) is 2.13. The molecule has 9 heteroatoms. The second-order valence-corrected chi connectivity index (χ2v) is 7.09. The quantitative estimate of drug-likeness (QED) is 0.855. The molecule has 0 bridgehead atoms. The maximum atomic E-state index is 12.2. The molecule has 0 unspecified atom stereocenters. The van der Waals surface area contributed by atoms with Crippen LogP contribution in [0.15, 0.2) is 17.3 Å². The van der Waals surface area contributed by atoms with E-state index in [0.29, 0.717) is 0 Å². The highest BCUT2D eigenvalue weighted by atomic mass is 32.2. The Hall–Kier alpha value is -1.45. The van der Waals surface area contributed by atoms with Crippen molar-refractivity contribution in [1.82, 2.24) is 19.5 Å². The second kappa shape index (κ2) is 4.67. The van der Waals surface area contributed by atoms with Crippen LogP contribution in [0.1, 0.15) is 9.88 Å². The summed E-state index contributed by atoms with van der Waals surface area (Å²) in [5.74, 6) is 0.0438. The van der Waals surface area contributed by atoms with E-state index >= 15 is 0 Å². The van der Waals surface area contributed by atoms with Crippen LogP contribution in [0, 0.1) is 6.92 Å². The Kier molecular flexibility index (Phi) is 3.37. The SMILES string of the molecule is Cc1ncc(CN(C)S(=O)(=O)c2cn[nH]c2N)s1. The van der Waals surface area contributed by atoms with Crippen LogP contribution in [0.5, 0.6) is 0 Å². The largest absolute Gasteiger partial charge is 0.383 e. The van der Waals surface area contributed by atoms with E-state index in [9.17, 15) is 8.42 Å². The first-order valence-corrected chi connectivity index (χ1v) is 7.33. The molecule has 18 heavy (non-hydrogen) atoms. The molecule has 0 fully saturated rings. The molecule has 0 amide bonds. The van der Waals surface area contributed by atoms with E-state index in [2.05, 4.69) is 15.2 Å². The molecule has 0 saturated carbocycles. The number of hydrogen-bond donors (Lipinski definition) is 2. The maximum Gasteiger partial charge on any atom is 0.248 e. The summed E-state index contributed by atoms with van der Waals surface area (Å²) < 4.78 is 25.6. The molecule has 0 radical (unpaired) electrons. The molecular formula is C9H13N5O2S2. The smallest absolute Gasteiger partial charge is 0.248 e. The molecule has 0 saturated heterocycles. The van der Waals surface area contributed by atoms with E-state index in [1.807, 2.05) is 6.92 Å². The number of hydrogen-bond acceptors (Lipinski definition) is 6. The van der Waals surface area contributed by atoms with Crippen molar-refractivity contribution < 1.29 is 8.42 Å². The highest BCUT2D eigenvalue weighted by Crippen LogP contribution is 2.21. The topological polar surface area (TPSA) is 105 Å². The Morgan fingerprint density at radius 1 is 1.50 bits per heavy atom. The number of aromatic amines is 1. The number of nitrogen functional groups attached to an aromatic ring is 1. The van der Waals surface area contributed by atoms with Crippen LogP contribution < -0.4 is 5.73 Å². The van der Waals surface area contributed by atoms with Gasteiger partial charge in [-0.3, -0.25) is 5.10 Å². The number of anilines is 1. The number of thiazole rings is 1. The molecule has 0 aliphatic rings. The number of nitrogens with zero attached hydrogens (tertiary/aromatic N) is 3. The maximum absolute atomic E-state index is 12.2. The van der Waals surface area contributed by atoms with E-state index in [-0.39, 0.29) is 17.3 Å². The zero-order valence-electron chi connectivity index (χ0n) is 9.91. The summed E-state index contributed by atoms with van der Waals surface area (Å²) in [7, 11) is -2.12. The average Bonchev–Trinajstić information content (AvgIpc) is 2.87. The van der Waals surface area contributed by atoms with Crippen LogP contribution in [-0.4, -0.2) is 35.0 Å². The third kappa shape index (κ3) is 2.37. The number of nitrogens with one attached hydrogen (secondary N) is 1. The predicted octanol–water partition coefficient (Wildman–Crippen LogP) is 0.578. The van der Waals surface area contributed by atoms with Crippen molar-refractivity contribution in [3.63, 3.8) is 0 Å². The monoisotopic (exact) mass is 287 g/mol. The van der Waals surface area contributed by atoms with E-state index in [1.165, 1.54) is 28.9 Å². The van der Waals surface area contributed by atoms with Gasteiger partial charge in [-0.15, -0.1) is 11.3 Å². The molecule has 0 aromatic carbocycles. The van der Waals surface area contributed by atoms with Gasteiger partial charge in [-0.2, -0.15) is 9.40 Å². The van der Waals surface area contributed by atoms with Crippen molar-refractivity contribution in [2.24, 2.45) is 0 Å². The molecule has 2 rings (SSSR count). The van der Waals surface area contributed by atoms with Crippen LogP contribution in [0.3, 0.4) is 0 Å². The number of aryl methyl sites for hydroxylation is 1. The first kappa shape index (κ1) is 13.0. The fourth-order valence-electron chi connectivity index (χ4n) is 1.44. The van der Waals surface area contributed by atoms with Crippen LogP contribution in [-0.2, 0) is 16.6 Å². The Balaban J connectivity index is 2.23. The highest BCUT2D eigenvalue weighted by Gasteiger charge is 2.25. The van der Waals surface area contributed by atoms with E-state index in [0.717, 1.165) is 9.88 Å². The van der Waals surface area contributed by atoms with Crippen molar-refractivity contribution in [2.75, 3.05) is 12.8 Å². The summed E-state index contributed by atoms with van der Waals surface area (Å²) in [5, 5.41) is 6.93. The van der Waals surface area contributed by atoms with Crippen LogP contribution in [0.4, 0.5) is 5.82 Å². The molecule has 0 atom stereocenters. The lowest BCUT2D eigenvalue weighted by molar-refractivity contribution is 0.470. The summed E-state index contributed by atoms with van der Waals surface area (Å²) in [5.41, 5.74) is 5.53. The van der Waals surface area contributed by atoms with Crippen LogP contribution in [0.25, 0.3) is 0 Å². The lowest BCUT2D eigenvalue weighted by Crippen LogP contribution is -2.26. The Morgan fingerprint density at radius 2 is 2.22 bits per heavy atom. The van der Waals surface area contributed by atoms with Gasteiger partial charge in [0, 0.05) is 24.7 Å². The number of rotatable bonds is 4. The van der Waals surface area contributed by atoms with Crippen LogP contribution >= 0.6 is 11.3 Å². The van der Waals surface area contributed by atoms with Crippen LogP contribution in [0.2, 0.25) is 0 Å². The minimum Gasteiger partial charge on any atom is -0.383 e. The van der Waals surface area contributed by atoms with Gasteiger partial charge in [-0.25, -0.2) is 13.4 Å². The standard InChI is InChI=1S/C9H13N5O2S2/c1-6-11-3-7(17-6)5-14(2)18(15,16)8-4-12-13-9(8)10/h3-4H,5H2,1-2H3,(H3,10,12,13). The van der Waals surface area contributed by atoms with Gasteiger partial charge in [0.25, 0.3) is 0 Å². The molecule has 0 spiro atoms. The number of aromatic nitrogens is 3. The van der Waals surface area contributed by atoms with Gasteiger partial charge in [-0.05, 0) is 6.92 Å².